The number of carboxylic acid groups (broad SMARTS) is 1. The number of benzene rings is 1. The molecule has 1 aromatic rings. The van der Waals surface area contributed by atoms with Gasteiger partial charge in [0.05, 0.1) is 5.92 Å². The van der Waals surface area contributed by atoms with Crippen molar-refractivity contribution in [1.29, 1.82) is 0 Å². The molecular formula is C19H26N2O4. The Kier molecular flexibility index (Phi) is 5.71. The third-order valence-corrected chi connectivity index (χ3v) is 5.26. The summed E-state index contributed by atoms with van der Waals surface area (Å²) < 4.78 is 4.95. The molecule has 0 spiro atoms. The topological polar surface area (TPSA) is 70.1 Å². The molecule has 1 aromatic carbocycles. The Morgan fingerprint density at radius 2 is 2.00 bits per heavy atom. The van der Waals surface area contributed by atoms with Crippen LogP contribution in [0.25, 0.3) is 0 Å². The average Bonchev–Trinajstić information content (AvgIpc) is 3.04. The minimum Gasteiger partial charge on any atom is -0.481 e. The van der Waals surface area contributed by atoms with Gasteiger partial charge in [0.25, 0.3) is 5.91 Å². The van der Waals surface area contributed by atoms with E-state index in [-0.39, 0.29) is 18.4 Å². The second-order valence-corrected chi connectivity index (χ2v) is 6.90. The van der Waals surface area contributed by atoms with E-state index in [1.165, 1.54) is 18.2 Å². The van der Waals surface area contributed by atoms with Crippen LogP contribution < -0.4 is 4.90 Å². The minimum absolute atomic E-state index is 0.00954. The maximum atomic E-state index is 12.1. The summed E-state index contributed by atoms with van der Waals surface area (Å²) in [4.78, 5) is 27.2. The smallest absolute Gasteiger partial charge is 0.306 e. The van der Waals surface area contributed by atoms with Crippen LogP contribution in [0.4, 0.5) is 5.69 Å². The number of carbonyl (C=O) groups is 2. The molecule has 1 amide bonds. The number of piperidine rings is 1. The summed E-state index contributed by atoms with van der Waals surface area (Å²) in [6.07, 6.45) is 3.34. The molecule has 0 aromatic heterocycles. The first kappa shape index (κ1) is 17.9. The number of ether oxygens (including phenoxy) is 1. The van der Waals surface area contributed by atoms with E-state index in [0.717, 1.165) is 57.5 Å². The highest BCUT2D eigenvalue weighted by Gasteiger charge is 2.26. The van der Waals surface area contributed by atoms with E-state index >= 15 is 0 Å². The number of anilines is 1. The van der Waals surface area contributed by atoms with Crippen LogP contribution in [-0.2, 0) is 27.2 Å². The van der Waals surface area contributed by atoms with E-state index < -0.39 is 5.97 Å². The van der Waals surface area contributed by atoms with Gasteiger partial charge in [-0.1, -0.05) is 12.1 Å². The number of fused-ring (bicyclic) bond motifs is 1. The normalized spacial score (nSPS) is 18.4. The van der Waals surface area contributed by atoms with Crippen LogP contribution in [0, 0.1) is 5.92 Å². The molecule has 1 fully saturated rings. The first-order valence-electron chi connectivity index (χ1n) is 8.94. The number of nitrogens with zero attached hydrogens (tertiary/aromatic N) is 2. The third kappa shape index (κ3) is 4.19. The Hall–Kier alpha value is -1.92. The molecule has 0 unspecified atom stereocenters. The number of likely N-dealkylation sites (tertiary alicyclic amines) is 1. The molecule has 2 heterocycles. The van der Waals surface area contributed by atoms with Crippen LogP contribution in [0.3, 0.4) is 0 Å². The maximum Gasteiger partial charge on any atom is 0.306 e. The van der Waals surface area contributed by atoms with Gasteiger partial charge in [-0.3, -0.25) is 9.59 Å². The van der Waals surface area contributed by atoms with Gasteiger partial charge in [-0.15, -0.1) is 0 Å². The molecule has 0 radical (unpaired) electrons. The summed E-state index contributed by atoms with van der Waals surface area (Å²) in [6, 6.07) is 6.35. The van der Waals surface area contributed by atoms with Crippen LogP contribution in [0.15, 0.2) is 18.2 Å². The van der Waals surface area contributed by atoms with Crippen molar-refractivity contribution in [3.63, 3.8) is 0 Å². The van der Waals surface area contributed by atoms with Gasteiger partial charge in [0.1, 0.15) is 6.61 Å². The quantitative estimate of drug-likeness (QED) is 0.846. The average molecular weight is 346 g/mol. The third-order valence-electron chi connectivity index (χ3n) is 5.26. The number of amides is 1. The fourth-order valence-electron chi connectivity index (χ4n) is 3.76. The molecule has 3 rings (SSSR count). The van der Waals surface area contributed by atoms with Crippen LogP contribution in [0.2, 0.25) is 0 Å². The van der Waals surface area contributed by atoms with Gasteiger partial charge in [-0.25, -0.2) is 0 Å². The number of rotatable bonds is 6. The van der Waals surface area contributed by atoms with Crippen LogP contribution in [0.1, 0.15) is 24.0 Å². The number of aliphatic carboxylic acids is 1. The molecule has 0 saturated carbocycles. The summed E-state index contributed by atoms with van der Waals surface area (Å²) in [6.45, 7) is 3.52. The maximum absolute atomic E-state index is 12.1. The Bertz CT molecular complexity index is 638. The molecule has 6 heteroatoms. The molecule has 0 aliphatic carbocycles. The summed E-state index contributed by atoms with van der Waals surface area (Å²) in [5.41, 5.74) is 3.51. The first-order valence-corrected chi connectivity index (χ1v) is 8.94. The molecule has 1 N–H and O–H groups in total. The first-order chi connectivity index (χ1) is 12.1. The van der Waals surface area contributed by atoms with Crippen molar-refractivity contribution in [2.24, 2.45) is 5.92 Å². The fourth-order valence-corrected chi connectivity index (χ4v) is 3.76. The van der Waals surface area contributed by atoms with Crippen LogP contribution in [0.5, 0.6) is 0 Å². The molecule has 0 atom stereocenters. The summed E-state index contributed by atoms with van der Waals surface area (Å²) in [7, 11) is 1.54. The Balaban J connectivity index is 1.54. The largest absolute Gasteiger partial charge is 0.481 e. The van der Waals surface area contributed by atoms with Crippen molar-refractivity contribution in [3.05, 3.63) is 29.3 Å². The molecule has 136 valence electrons. The lowest BCUT2D eigenvalue weighted by Crippen LogP contribution is -2.37. The van der Waals surface area contributed by atoms with Gasteiger partial charge in [0, 0.05) is 25.9 Å². The van der Waals surface area contributed by atoms with Gasteiger partial charge in [-0.2, -0.15) is 0 Å². The van der Waals surface area contributed by atoms with Gasteiger partial charge in [0.15, 0.2) is 0 Å². The van der Waals surface area contributed by atoms with Crippen molar-refractivity contribution in [2.75, 3.05) is 44.8 Å². The molecule has 0 bridgehead atoms. The Labute approximate surface area is 148 Å². The zero-order valence-corrected chi connectivity index (χ0v) is 14.7. The molecule has 2 aliphatic heterocycles. The van der Waals surface area contributed by atoms with E-state index in [1.54, 1.807) is 4.90 Å². The van der Waals surface area contributed by atoms with E-state index in [2.05, 4.69) is 17.0 Å². The van der Waals surface area contributed by atoms with Crippen molar-refractivity contribution in [3.8, 4) is 0 Å². The van der Waals surface area contributed by atoms with E-state index in [9.17, 15) is 9.59 Å². The highest BCUT2D eigenvalue weighted by molar-refractivity contribution is 5.96. The summed E-state index contributed by atoms with van der Waals surface area (Å²) >= 11 is 0. The number of hydrogen-bond acceptors (Lipinski definition) is 4. The van der Waals surface area contributed by atoms with Crippen molar-refractivity contribution >= 4 is 17.6 Å². The Morgan fingerprint density at radius 1 is 1.24 bits per heavy atom. The monoisotopic (exact) mass is 346 g/mol. The van der Waals surface area contributed by atoms with Crippen LogP contribution in [-0.4, -0.2) is 61.8 Å². The minimum atomic E-state index is -0.661. The van der Waals surface area contributed by atoms with Crippen LogP contribution >= 0.6 is 0 Å². The lowest BCUT2D eigenvalue weighted by atomic mass is 9.96. The summed E-state index contributed by atoms with van der Waals surface area (Å²) in [5, 5.41) is 9.06. The molecular weight excluding hydrogens is 320 g/mol. The SMILES string of the molecule is COCC(=O)N1CCc2cc(CCN3CCC(C(=O)O)CC3)ccc21. The highest BCUT2D eigenvalue weighted by atomic mass is 16.5. The van der Waals surface area contributed by atoms with Crippen molar-refractivity contribution in [1.82, 2.24) is 4.90 Å². The van der Waals surface area contributed by atoms with Gasteiger partial charge in [0.2, 0.25) is 0 Å². The number of hydrogen-bond donors (Lipinski definition) is 1. The van der Waals surface area contributed by atoms with Crippen molar-refractivity contribution < 1.29 is 19.4 Å². The molecule has 6 nitrogen and oxygen atoms in total. The zero-order chi connectivity index (χ0) is 17.8. The number of carboxylic acids is 1. The second-order valence-electron chi connectivity index (χ2n) is 6.90. The second kappa shape index (κ2) is 7.97. The fraction of sp³-hybridized carbons (Fsp3) is 0.579. The zero-order valence-electron chi connectivity index (χ0n) is 14.7. The standard InChI is InChI=1S/C19H26N2O4/c1-25-13-18(22)21-11-7-16-12-14(2-3-17(16)21)4-8-20-9-5-15(6-10-20)19(23)24/h2-3,12,15H,4-11,13H2,1H3,(H,23,24). The van der Waals surface area contributed by atoms with E-state index in [4.69, 9.17) is 9.84 Å². The summed E-state index contributed by atoms with van der Waals surface area (Å²) in [5.74, 6) is -0.826. The molecule has 1 saturated heterocycles. The van der Waals surface area contributed by atoms with E-state index in [0.29, 0.717) is 0 Å². The van der Waals surface area contributed by atoms with Gasteiger partial charge >= 0.3 is 5.97 Å². The molecule has 2 aliphatic rings. The molecule has 25 heavy (non-hydrogen) atoms. The number of methoxy groups -OCH3 is 1. The predicted octanol–water partition coefficient (Wildman–Crippen LogP) is 1.56. The lowest BCUT2D eigenvalue weighted by molar-refractivity contribution is -0.143. The number of carbonyl (C=O) groups excluding carboxylic acids is 1. The Morgan fingerprint density at radius 3 is 2.68 bits per heavy atom. The van der Waals surface area contributed by atoms with Crippen molar-refractivity contribution in [2.45, 2.75) is 25.7 Å². The van der Waals surface area contributed by atoms with E-state index in [1.807, 2.05) is 6.07 Å². The highest BCUT2D eigenvalue weighted by Crippen LogP contribution is 2.29. The lowest BCUT2D eigenvalue weighted by Gasteiger charge is -2.30. The van der Waals surface area contributed by atoms with Gasteiger partial charge < -0.3 is 19.6 Å². The predicted molar refractivity (Wildman–Crippen MR) is 94.9 cm³/mol. The van der Waals surface area contributed by atoms with Gasteiger partial charge in [-0.05, 0) is 56.0 Å².